The molecule has 1 aromatic rings. The lowest BCUT2D eigenvalue weighted by molar-refractivity contribution is 1.26. The molecular weight excluding hydrogens is 112 g/mol. The average Bonchev–Trinajstić information content (AvgIpc) is 2.15. The first-order chi connectivity index (χ1) is 4.29. The van der Waals surface area contributed by atoms with Gasteiger partial charge in [-0.15, -0.1) is 0 Å². The second-order valence-corrected chi connectivity index (χ2v) is 1.97. The Morgan fingerprint density at radius 2 is 2.67 bits per heavy atom. The molecule has 0 unspecified atom stereocenters. The van der Waals surface area contributed by atoms with Crippen LogP contribution in [0.3, 0.4) is 0 Å². The van der Waals surface area contributed by atoms with E-state index in [0.717, 1.165) is 11.4 Å². The van der Waals surface area contributed by atoms with Crippen LogP contribution in [0.2, 0.25) is 0 Å². The van der Waals surface area contributed by atoms with Crippen LogP contribution in [-0.2, 0) is 0 Å². The molecule has 0 aromatic carbocycles. The topological polar surface area (TPSA) is 28.7 Å². The summed E-state index contributed by atoms with van der Waals surface area (Å²) in [6.45, 7) is 5.65. The van der Waals surface area contributed by atoms with Crippen molar-refractivity contribution in [2.45, 2.75) is 6.92 Å². The van der Waals surface area contributed by atoms with Crippen LogP contribution < -0.4 is 0 Å². The molecule has 0 amide bonds. The lowest BCUT2D eigenvalue weighted by Crippen LogP contribution is -1.73. The Bertz CT molecular complexity index is 193. The number of hydrogen-bond donors (Lipinski definition) is 1. The molecule has 1 rings (SSSR count). The Morgan fingerprint density at radius 3 is 3.11 bits per heavy atom. The summed E-state index contributed by atoms with van der Waals surface area (Å²) >= 11 is 0. The summed E-state index contributed by atoms with van der Waals surface area (Å²) in [6, 6.07) is 0. The highest BCUT2D eigenvalue weighted by Gasteiger charge is 1.84. The highest BCUT2D eigenvalue weighted by molar-refractivity contribution is 5.44. The normalized spacial score (nSPS) is 12.0. The van der Waals surface area contributed by atoms with Crippen LogP contribution >= 0.6 is 0 Å². The number of H-pyrrole nitrogens is 1. The maximum absolute atomic E-state index is 3.98. The van der Waals surface area contributed by atoms with Gasteiger partial charge < -0.3 is 4.98 Å². The zero-order chi connectivity index (χ0) is 6.69. The zero-order valence-electron chi connectivity index (χ0n) is 5.39. The molecule has 0 aliphatic heterocycles. The third kappa shape index (κ3) is 1.72. The second-order valence-electron chi connectivity index (χ2n) is 1.97. The maximum Gasteiger partial charge on any atom is 0.129 e. The molecule has 1 N–H and O–H groups in total. The zero-order valence-corrected chi connectivity index (χ0v) is 5.39. The van der Waals surface area contributed by atoms with Gasteiger partial charge in [-0.2, -0.15) is 0 Å². The first kappa shape index (κ1) is 6.08. The molecule has 1 radical (unpaired) electrons. The van der Waals surface area contributed by atoms with Crippen molar-refractivity contribution in [2.75, 3.05) is 0 Å². The molecule has 0 saturated carbocycles. The van der Waals surface area contributed by atoms with Crippen molar-refractivity contribution in [3.8, 4) is 0 Å². The maximum atomic E-state index is 3.98. The van der Waals surface area contributed by atoms with E-state index in [0.29, 0.717) is 0 Å². The highest BCUT2D eigenvalue weighted by atomic mass is 14.9. The average molecular weight is 121 g/mol. The molecule has 0 saturated heterocycles. The molecule has 1 heterocycles. The molecule has 0 spiro atoms. The van der Waals surface area contributed by atoms with Crippen LogP contribution in [0, 0.1) is 6.92 Å². The number of aromatic amines is 1. The summed E-state index contributed by atoms with van der Waals surface area (Å²) in [6.07, 6.45) is 5.39. The molecule has 0 bridgehead atoms. The van der Waals surface area contributed by atoms with E-state index in [1.165, 1.54) is 0 Å². The van der Waals surface area contributed by atoms with E-state index in [9.17, 15) is 0 Å². The second kappa shape index (κ2) is 2.49. The lowest BCUT2D eigenvalue weighted by Gasteiger charge is -1.84. The number of allylic oxidation sites excluding steroid dienone is 1. The summed E-state index contributed by atoms with van der Waals surface area (Å²) in [5.74, 6) is 0.863. The Labute approximate surface area is 54.6 Å². The largest absolute Gasteiger partial charge is 0.345 e. The van der Waals surface area contributed by atoms with Crippen LogP contribution in [0.5, 0.6) is 0 Å². The predicted molar refractivity (Wildman–Crippen MR) is 37.6 cm³/mol. The quantitative estimate of drug-likeness (QED) is 0.601. The van der Waals surface area contributed by atoms with Gasteiger partial charge in [0.05, 0.1) is 0 Å². The Balaban J connectivity index is 2.80. The number of aromatic nitrogens is 2. The summed E-state index contributed by atoms with van der Waals surface area (Å²) in [7, 11) is 0. The Morgan fingerprint density at radius 1 is 1.89 bits per heavy atom. The molecule has 0 aliphatic carbocycles. The van der Waals surface area contributed by atoms with Crippen LogP contribution in [0.1, 0.15) is 12.7 Å². The summed E-state index contributed by atoms with van der Waals surface area (Å²) in [4.78, 5) is 6.93. The third-order valence-corrected chi connectivity index (χ3v) is 0.902. The first-order valence-electron chi connectivity index (χ1n) is 2.78. The molecule has 9 heavy (non-hydrogen) atoms. The van der Waals surface area contributed by atoms with Gasteiger partial charge in [0.15, 0.2) is 0 Å². The fourth-order valence-electron chi connectivity index (χ4n) is 0.590. The number of nitrogens with zero attached hydrogens (tertiary/aromatic N) is 1. The van der Waals surface area contributed by atoms with Crippen molar-refractivity contribution in [3.63, 3.8) is 0 Å². The Hall–Kier alpha value is -1.05. The van der Waals surface area contributed by atoms with Gasteiger partial charge in [0.1, 0.15) is 5.82 Å². The van der Waals surface area contributed by atoms with Gasteiger partial charge in [0.2, 0.25) is 0 Å². The van der Waals surface area contributed by atoms with E-state index >= 15 is 0 Å². The molecule has 47 valence electrons. The van der Waals surface area contributed by atoms with Crippen molar-refractivity contribution >= 4 is 6.08 Å². The molecule has 0 aliphatic rings. The minimum absolute atomic E-state index is 0.863. The summed E-state index contributed by atoms with van der Waals surface area (Å²) in [5, 5.41) is 0. The van der Waals surface area contributed by atoms with Gasteiger partial charge in [-0.05, 0) is 19.9 Å². The third-order valence-electron chi connectivity index (χ3n) is 0.902. The molecule has 2 nitrogen and oxygen atoms in total. The number of hydrogen-bond acceptors (Lipinski definition) is 1. The lowest BCUT2D eigenvalue weighted by atomic mass is 10.3. The van der Waals surface area contributed by atoms with Crippen molar-refractivity contribution in [2.24, 2.45) is 0 Å². The van der Waals surface area contributed by atoms with Crippen LogP contribution in [0.4, 0.5) is 0 Å². The van der Waals surface area contributed by atoms with Crippen molar-refractivity contribution in [3.05, 3.63) is 30.7 Å². The smallest absolute Gasteiger partial charge is 0.129 e. The summed E-state index contributed by atoms with van der Waals surface area (Å²) < 4.78 is 0. The van der Waals surface area contributed by atoms with Crippen molar-refractivity contribution < 1.29 is 0 Å². The standard InChI is InChI=1S/C7H9N2/c1-6(2)5-7-8-3-4-9-7/h3-5H,1H2,2H3,(H,8,9)/b6-5-. The van der Waals surface area contributed by atoms with Gasteiger partial charge in [-0.1, -0.05) is 5.57 Å². The SMILES string of the molecule is [CH2]/C(C)=C/c1ncc[nH]1. The van der Waals surface area contributed by atoms with Crippen molar-refractivity contribution in [1.82, 2.24) is 9.97 Å². The molecule has 1 aromatic heterocycles. The molecule has 0 fully saturated rings. The predicted octanol–water partition coefficient (Wildman–Crippen LogP) is 1.65. The van der Waals surface area contributed by atoms with Crippen LogP contribution in [0.25, 0.3) is 6.08 Å². The molecule has 2 heteroatoms. The van der Waals surface area contributed by atoms with Gasteiger partial charge >= 0.3 is 0 Å². The molecular formula is C7H9N2. The van der Waals surface area contributed by atoms with Gasteiger partial charge in [-0.3, -0.25) is 0 Å². The van der Waals surface area contributed by atoms with E-state index in [4.69, 9.17) is 0 Å². The van der Waals surface area contributed by atoms with Gasteiger partial charge in [0.25, 0.3) is 0 Å². The Kier molecular flexibility index (Phi) is 1.68. The van der Waals surface area contributed by atoms with E-state index in [-0.39, 0.29) is 0 Å². The minimum Gasteiger partial charge on any atom is -0.345 e. The highest BCUT2D eigenvalue weighted by Crippen LogP contribution is 1.97. The number of rotatable bonds is 1. The van der Waals surface area contributed by atoms with E-state index < -0.39 is 0 Å². The monoisotopic (exact) mass is 121 g/mol. The van der Waals surface area contributed by atoms with Crippen molar-refractivity contribution in [1.29, 1.82) is 0 Å². The van der Waals surface area contributed by atoms with Crippen LogP contribution in [-0.4, -0.2) is 9.97 Å². The van der Waals surface area contributed by atoms with E-state index in [1.54, 1.807) is 12.4 Å². The summed E-state index contributed by atoms with van der Waals surface area (Å²) in [5.41, 5.74) is 1.00. The fourth-order valence-corrected chi connectivity index (χ4v) is 0.590. The van der Waals surface area contributed by atoms with Crippen LogP contribution in [0.15, 0.2) is 18.0 Å². The van der Waals surface area contributed by atoms with Gasteiger partial charge in [-0.25, -0.2) is 4.98 Å². The minimum atomic E-state index is 0.863. The number of imidazole rings is 1. The first-order valence-corrected chi connectivity index (χ1v) is 2.78. The van der Waals surface area contributed by atoms with E-state index in [1.807, 2.05) is 13.0 Å². The molecule has 0 atom stereocenters. The van der Waals surface area contributed by atoms with Gasteiger partial charge in [0, 0.05) is 12.4 Å². The van der Waals surface area contributed by atoms with E-state index in [2.05, 4.69) is 16.9 Å². The fraction of sp³-hybridized carbons (Fsp3) is 0.143. The number of nitrogens with one attached hydrogen (secondary N) is 1.